The van der Waals surface area contributed by atoms with E-state index in [-0.39, 0.29) is 18.5 Å². The lowest BCUT2D eigenvalue weighted by Crippen LogP contribution is -2.33. The molecule has 0 radical (unpaired) electrons. The fourth-order valence-electron chi connectivity index (χ4n) is 3.76. The summed E-state index contributed by atoms with van der Waals surface area (Å²) in [5.41, 5.74) is 1.60. The number of rotatable bonds is 4. The Balaban J connectivity index is 1.46. The summed E-state index contributed by atoms with van der Waals surface area (Å²) in [6.45, 7) is 2.47. The van der Waals surface area contributed by atoms with Crippen molar-refractivity contribution in [3.8, 4) is 11.5 Å². The molecule has 1 amide bonds. The Morgan fingerprint density at radius 2 is 1.82 bits per heavy atom. The van der Waals surface area contributed by atoms with E-state index in [0.717, 1.165) is 42.9 Å². The highest BCUT2D eigenvalue weighted by Gasteiger charge is 2.29. The first kappa shape index (κ1) is 19.4. The van der Waals surface area contributed by atoms with Crippen LogP contribution in [0.4, 0.5) is 5.69 Å². The molecule has 2 aromatic carbocycles. The van der Waals surface area contributed by atoms with E-state index in [9.17, 15) is 4.79 Å². The lowest BCUT2D eigenvalue weighted by molar-refractivity contribution is -0.117. The molecule has 2 heterocycles. The zero-order valence-corrected chi connectivity index (χ0v) is 16.9. The van der Waals surface area contributed by atoms with Gasteiger partial charge in [-0.25, -0.2) is 0 Å². The lowest BCUT2D eigenvalue weighted by atomic mass is 10.0. The van der Waals surface area contributed by atoms with Crippen LogP contribution in [0.2, 0.25) is 10.0 Å². The summed E-state index contributed by atoms with van der Waals surface area (Å²) in [5.74, 6) is 1.45. The number of benzene rings is 2. The summed E-state index contributed by atoms with van der Waals surface area (Å²) < 4.78 is 11.5. The van der Waals surface area contributed by atoms with E-state index in [0.29, 0.717) is 28.9 Å². The minimum Gasteiger partial charge on any atom is -0.490 e. The second-order valence-corrected chi connectivity index (χ2v) is 7.84. The molecular weight excluding hydrogens is 399 g/mol. The van der Waals surface area contributed by atoms with Crippen molar-refractivity contribution in [3.63, 3.8) is 0 Å². The number of carbonyl (C=O) groups is 1. The van der Waals surface area contributed by atoms with Gasteiger partial charge < -0.3 is 14.8 Å². The fourth-order valence-corrected chi connectivity index (χ4v) is 4.25. The highest BCUT2D eigenvalue weighted by atomic mass is 35.5. The number of carbonyl (C=O) groups excluding carboxylic acids is 1. The number of amides is 1. The van der Waals surface area contributed by atoms with Gasteiger partial charge in [0.25, 0.3) is 0 Å². The third-order valence-electron chi connectivity index (χ3n) is 5.09. The number of hydrogen-bond acceptors (Lipinski definition) is 4. The molecule has 1 atom stereocenters. The van der Waals surface area contributed by atoms with Crippen LogP contribution in [-0.4, -0.2) is 37.1 Å². The standard InChI is InChI=1S/C21H22Cl2N2O3/c22-15-4-1-5-16(23)21(15)24-20(26)13-25-9-2-6-17(25)14-7-8-18-19(12-14)28-11-3-10-27-18/h1,4-5,7-8,12,17H,2-3,6,9-11,13H2,(H,24,26)/t17-/m1/s1. The predicted octanol–water partition coefficient (Wildman–Crippen LogP) is 4.93. The van der Waals surface area contributed by atoms with Crippen molar-refractivity contribution in [1.82, 2.24) is 4.90 Å². The average molecular weight is 421 g/mol. The molecule has 28 heavy (non-hydrogen) atoms. The number of para-hydroxylation sites is 1. The van der Waals surface area contributed by atoms with Gasteiger partial charge in [0.15, 0.2) is 11.5 Å². The van der Waals surface area contributed by atoms with E-state index in [2.05, 4.69) is 16.3 Å². The number of fused-ring (bicyclic) bond motifs is 1. The quantitative estimate of drug-likeness (QED) is 0.761. The predicted molar refractivity (Wildman–Crippen MR) is 111 cm³/mol. The number of nitrogens with zero attached hydrogens (tertiary/aromatic N) is 1. The Hall–Kier alpha value is -1.95. The van der Waals surface area contributed by atoms with Crippen molar-refractivity contribution in [3.05, 3.63) is 52.0 Å². The first-order valence-corrected chi connectivity index (χ1v) is 10.2. The molecule has 0 unspecified atom stereocenters. The largest absolute Gasteiger partial charge is 0.490 e. The summed E-state index contributed by atoms with van der Waals surface area (Å²) in [5, 5.41) is 3.71. The molecule has 0 bridgehead atoms. The molecule has 7 heteroatoms. The summed E-state index contributed by atoms with van der Waals surface area (Å²) in [6.07, 6.45) is 2.92. The second kappa shape index (κ2) is 8.60. The highest BCUT2D eigenvalue weighted by Crippen LogP contribution is 2.38. The van der Waals surface area contributed by atoms with Crippen molar-refractivity contribution < 1.29 is 14.3 Å². The van der Waals surface area contributed by atoms with Crippen molar-refractivity contribution in [1.29, 1.82) is 0 Å². The van der Waals surface area contributed by atoms with Crippen LogP contribution in [0.3, 0.4) is 0 Å². The van der Waals surface area contributed by atoms with Crippen LogP contribution in [0, 0.1) is 0 Å². The number of halogens is 2. The molecule has 0 aromatic heterocycles. The molecule has 4 rings (SSSR count). The van der Waals surface area contributed by atoms with Gasteiger partial charge in [0, 0.05) is 12.5 Å². The van der Waals surface area contributed by atoms with Crippen LogP contribution in [0.1, 0.15) is 30.9 Å². The van der Waals surface area contributed by atoms with E-state index in [1.54, 1.807) is 18.2 Å². The van der Waals surface area contributed by atoms with Gasteiger partial charge in [-0.2, -0.15) is 0 Å². The molecule has 5 nitrogen and oxygen atoms in total. The molecule has 1 N–H and O–H groups in total. The number of hydrogen-bond donors (Lipinski definition) is 1. The summed E-state index contributed by atoms with van der Waals surface area (Å²) in [4.78, 5) is 14.8. The monoisotopic (exact) mass is 420 g/mol. The van der Waals surface area contributed by atoms with Crippen molar-refractivity contribution >= 4 is 34.8 Å². The van der Waals surface area contributed by atoms with Crippen molar-refractivity contribution in [2.24, 2.45) is 0 Å². The van der Waals surface area contributed by atoms with Gasteiger partial charge in [-0.3, -0.25) is 9.69 Å². The van der Waals surface area contributed by atoms with Gasteiger partial charge in [0.1, 0.15) is 0 Å². The minimum absolute atomic E-state index is 0.128. The normalized spacial score (nSPS) is 19.3. The Kier molecular flexibility index (Phi) is 5.95. The topological polar surface area (TPSA) is 50.8 Å². The number of anilines is 1. The van der Waals surface area contributed by atoms with Gasteiger partial charge >= 0.3 is 0 Å². The van der Waals surface area contributed by atoms with Gasteiger partial charge in [0.2, 0.25) is 5.91 Å². The lowest BCUT2D eigenvalue weighted by Gasteiger charge is -2.25. The van der Waals surface area contributed by atoms with Gasteiger partial charge in [-0.1, -0.05) is 35.3 Å². The van der Waals surface area contributed by atoms with Gasteiger partial charge in [-0.05, 0) is 49.2 Å². The molecule has 2 aromatic rings. The van der Waals surface area contributed by atoms with Crippen LogP contribution < -0.4 is 14.8 Å². The maximum atomic E-state index is 12.6. The van der Waals surface area contributed by atoms with Crippen LogP contribution in [0.25, 0.3) is 0 Å². The van der Waals surface area contributed by atoms with E-state index in [4.69, 9.17) is 32.7 Å². The van der Waals surface area contributed by atoms with E-state index < -0.39 is 0 Å². The first-order chi connectivity index (χ1) is 13.6. The first-order valence-electron chi connectivity index (χ1n) is 9.49. The minimum atomic E-state index is -0.128. The van der Waals surface area contributed by atoms with Crippen LogP contribution in [0.5, 0.6) is 11.5 Å². The van der Waals surface area contributed by atoms with Crippen LogP contribution in [-0.2, 0) is 4.79 Å². The van der Waals surface area contributed by atoms with E-state index in [1.165, 1.54) is 0 Å². The highest BCUT2D eigenvalue weighted by molar-refractivity contribution is 6.39. The molecule has 1 saturated heterocycles. The summed E-state index contributed by atoms with van der Waals surface area (Å²) >= 11 is 12.3. The maximum Gasteiger partial charge on any atom is 0.238 e. The molecule has 0 aliphatic carbocycles. The van der Waals surface area contributed by atoms with Crippen LogP contribution in [0.15, 0.2) is 36.4 Å². The number of nitrogens with one attached hydrogen (secondary N) is 1. The molecule has 148 valence electrons. The fraction of sp³-hybridized carbons (Fsp3) is 0.381. The zero-order chi connectivity index (χ0) is 19.5. The van der Waals surface area contributed by atoms with Crippen LogP contribution >= 0.6 is 23.2 Å². The molecule has 0 saturated carbocycles. The molecule has 2 aliphatic rings. The number of ether oxygens (including phenoxy) is 2. The molecular formula is C21H22Cl2N2O3. The summed E-state index contributed by atoms with van der Waals surface area (Å²) in [7, 11) is 0. The average Bonchev–Trinajstić information content (AvgIpc) is 3.00. The third-order valence-corrected chi connectivity index (χ3v) is 5.72. The second-order valence-electron chi connectivity index (χ2n) is 7.03. The molecule has 2 aliphatic heterocycles. The van der Waals surface area contributed by atoms with Crippen molar-refractivity contribution in [2.75, 3.05) is 31.6 Å². The zero-order valence-electron chi connectivity index (χ0n) is 15.4. The van der Waals surface area contributed by atoms with Gasteiger partial charge in [0.05, 0.1) is 35.5 Å². The SMILES string of the molecule is O=C(CN1CCC[C@@H]1c1ccc2c(c1)OCCCO2)Nc1c(Cl)cccc1Cl. The van der Waals surface area contributed by atoms with Gasteiger partial charge in [-0.15, -0.1) is 0 Å². The smallest absolute Gasteiger partial charge is 0.238 e. The Morgan fingerprint density at radius 3 is 2.61 bits per heavy atom. The van der Waals surface area contributed by atoms with E-state index in [1.807, 2.05) is 12.1 Å². The Morgan fingerprint density at radius 1 is 1.07 bits per heavy atom. The number of likely N-dealkylation sites (tertiary alicyclic amines) is 1. The van der Waals surface area contributed by atoms with E-state index >= 15 is 0 Å². The maximum absolute atomic E-state index is 12.6. The molecule has 1 fully saturated rings. The third kappa shape index (κ3) is 4.22. The summed E-state index contributed by atoms with van der Waals surface area (Å²) in [6, 6.07) is 11.4. The Labute approximate surface area is 174 Å². The molecule has 0 spiro atoms. The Bertz CT molecular complexity index is 854. The van der Waals surface area contributed by atoms with Crippen molar-refractivity contribution in [2.45, 2.75) is 25.3 Å².